The van der Waals surface area contributed by atoms with E-state index in [1.54, 1.807) is 19.2 Å². The van der Waals surface area contributed by atoms with Crippen molar-refractivity contribution in [1.29, 1.82) is 0 Å². The summed E-state index contributed by atoms with van der Waals surface area (Å²) >= 11 is 3.28. The molecule has 0 fully saturated rings. The molecule has 0 radical (unpaired) electrons. The van der Waals surface area contributed by atoms with Gasteiger partial charge in [-0.15, -0.1) is 0 Å². The van der Waals surface area contributed by atoms with Crippen LogP contribution in [0.4, 0.5) is 5.69 Å². The predicted octanol–water partition coefficient (Wildman–Crippen LogP) is 3.35. The second-order valence-corrected chi connectivity index (χ2v) is 8.90. The Labute approximate surface area is 157 Å². The molecule has 1 amide bonds. The van der Waals surface area contributed by atoms with Crippen molar-refractivity contribution in [2.75, 3.05) is 25.5 Å². The van der Waals surface area contributed by atoms with Gasteiger partial charge in [-0.1, -0.05) is 22.0 Å². The summed E-state index contributed by atoms with van der Waals surface area (Å²) in [6.45, 7) is 3.74. The third-order valence-electron chi connectivity index (χ3n) is 4.13. The van der Waals surface area contributed by atoms with E-state index < -0.39 is 10.0 Å². The van der Waals surface area contributed by atoms with E-state index in [9.17, 15) is 13.2 Å². The van der Waals surface area contributed by atoms with Gasteiger partial charge in [0, 0.05) is 24.3 Å². The fraction of sp³-hybridized carbons (Fsp3) is 0.278. The standard InChI is InChI=1S/C18H21BrN2O3S/c1-13-5-8-16(11-14(13)2)21(4)18(22)12-20(3)25(23,24)17-9-6-15(19)7-10-17/h5-11H,12H2,1-4H3. The number of sulfonamides is 1. The summed E-state index contributed by atoms with van der Waals surface area (Å²) in [6, 6.07) is 12.0. The molecule has 0 bridgehead atoms. The van der Waals surface area contributed by atoms with Gasteiger partial charge in [0.1, 0.15) is 0 Å². The molecule has 0 N–H and O–H groups in total. The van der Waals surface area contributed by atoms with Gasteiger partial charge < -0.3 is 4.90 Å². The minimum absolute atomic E-state index is 0.153. The van der Waals surface area contributed by atoms with E-state index in [-0.39, 0.29) is 17.3 Å². The predicted molar refractivity (Wildman–Crippen MR) is 103 cm³/mol. The Kier molecular flexibility index (Phi) is 6.03. The van der Waals surface area contributed by atoms with Crippen molar-refractivity contribution < 1.29 is 13.2 Å². The largest absolute Gasteiger partial charge is 0.314 e. The lowest BCUT2D eigenvalue weighted by Crippen LogP contribution is -2.39. The first-order chi connectivity index (χ1) is 11.6. The maximum absolute atomic E-state index is 12.6. The van der Waals surface area contributed by atoms with Crippen LogP contribution in [0.1, 0.15) is 11.1 Å². The van der Waals surface area contributed by atoms with Crippen molar-refractivity contribution in [2.24, 2.45) is 0 Å². The third-order valence-corrected chi connectivity index (χ3v) is 6.48. The number of nitrogens with zero attached hydrogens (tertiary/aromatic N) is 2. The number of benzene rings is 2. The van der Waals surface area contributed by atoms with Crippen molar-refractivity contribution >= 4 is 37.5 Å². The maximum atomic E-state index is 12.6. The number of carbonyl (C=O) groups is 1. The number of amides is 1. The summed E-state index contributed by atoms with van der Waals surface area (Å²) in [5.74, 6) is -0.300. The molecule has 0 saturated carbocycles. The molecule has 134 valence electrons. The first-order valence-electron chi connectivity index (χ1n) is 7.68. The van der Waals surface area contributed by atoms with Crippen molar-refractivity contribution in [3.63, 3.8) is 0 Å². The number of likely N-dealkylation sites (N-methyl/N-ethyl adjacent to an activating group) is 2. The van der Waals surface area contributed by atoms with Gasteiger partial charge in [-0.3, -0.25) is 4.79 Å². The molecule has 0 aliphatic rings. The molecule has 2 rings (SSSR count). The van der Waals surface area contributed by atoms with Gasteiger partial charge in [-0.25, -0.2) is 8.42 Å². The molecule has 0 aliphatic carbocycles. The molecule has 0 saturated heterocycles. The van der Waals surface area contributed by atoms with Crippen LogP contribution in [0.2, 0.25) is 0 Å². The Bertz CT molecular complexity index is 880. The molecule has 2 aromatic carbocycles. The van der Waals surface area contributed by atoms with Crippen LogP contribution in [0, 0.1) is 13.8 Å². The van der Waals surface area contributed by atoms with Crippen LogP contribution in [0.25, 0.3) is 0 Å². The van der Waals surface area contributed by atoms with E-state index in [0.29, 0.717) is 0 Å². The molecule has 0 aliphatic heterocycles. The van der Waals surface area contributed by atoms with Crippen LogP contribution in [-0.2, 0) is 14.8 Å². The van der Waals surface area contributed by atoms with Crippen molar-refractivity contribution in [3.8, 4) is 0 Å². The van der Waals surface area contributed by atoms with E-state index >= 15 is 0 Å². The minimum atomic E-state index is -3.72. The third kappa shape index (κ3) is 4.48. The summed E-state index contributed by atoms with van der Waals surface area (Å²) in [6.07, 6.45) is 0. The molecule has 0 heterocycles. The summed E-state index contributed by atoms with van der Waals surface area (Å²) in [7, 11) is -0.665. The van der Waals surface area contributed by atoms with Gasteiger partial charge in [-0.05, 0) is 61.4 Å². The number of hydrogen-bond acceptors (Lipinski definition) is 3. The Morgan fingerprint density at radius 1 is 1.00 bits per heavy atom. The fourth-order valence-corrected chi connectivity index (χ4v) is 3.63. The molecule has 25 heavy (non-hydrogen) atoms. The average molecular weight is 425 g/mol. The highest BCUT2D eigenvalue weighted by Crippen LogP contribution is 2.20. The average Bonchev–Trinajstić information content (AvgIpc) is 2.57. The highest BCUT2D eigenvalue weighted by atomic mass is 79.9. The maximum Gasteiger partial charge on any atom is 0.243 e. The first kappa shape index (κ1) is 19.6. The van der Waals surface area contributed by atoms with E-state index in [1.807, 2.05) is 32.0 Å². The van der Waals surface area contributed by atoms with E-state index in [2.05, 4.69) is 15.9 Å². The summed E-state index contributed by atoms with van der Waals surface area (Å²) < 4.78 is 27.0. The van der Waals surface area contributed by atoms with Crippen molar-refractivity contribution in [2.45, 2.75) is 18.7 Å². The molecule has 0 unspecified atom stereocenters. The highest BCUT2D eigenvalue weighted by Gasteiger charge is 2.24. The van der Waals surface area contributed by atoms with E-state index in [1.165, 1.54) is 24.1 Å². The second kappa shape index (κ2) is 7.68. The molecule has 0 atom stereocenters. The van der Waals surface area contributed by atoms with Gasteiger partial charge >= 0.3 is 0 Å². The molecular weight excluding hydrogens is 404 g/mol. The zero-order chi connectivity index (χ0) is 18.8. The van der Waals surface area contributed by atoms with Crippen LogP contribution in [0.15, 0.2) is 51.8 Å². The number of hydrogen-bond donors (Lipinski definition) is 0. The lowest BCUT2D eigenvalue weighted by molar-refractivity contribution is -0.118. The zero-order valence-electron chi connectivity index (χ0n) is 14.7. The molecular formula is C18H21BrN2O3S. The van der Waals surface area contributed by atoms with Gasteiger partial charge in [0.05, 0.1) is 11.4 Å². The van der Waals surface area contributed by atoms with Crippen LogP contribution in [0.3, 0.4) is 0 Å². The van der Waals surface area contributed by atoms with Crippen molar-refractivity contribution in [3.05, 3.63) is 58.1 Å². The number of aryl methyl sites for hydroxylation is 2. The SMILES string of the molecule is Cc1ccc(N(C)C(=O)CN(C)S(=O)(=O)c2ccc(Br)cc2)cc1C. The molecule has 0 spiro atoms. The normalized spacial score (nSPS) is 11.6. The fourth-order valence-electron chi connectivity index (χ4n) is 2.25. The lowest BCUT2D eigenvalue weighted by atomic mass is 10.1. The van der Waals surface area contributed by atoms with Gasteiger partial charge in [-0.2, -0.15) is 4.31 Å². The minimum Gasteiger partial charge on any atom is -0.314 e. The number of carbonyl (C=O) groups excluding carboxylic acids is 1. The Morgan fingerprint density at radius 3 is 2.16 bits per heavy atom. The monoisotopic (exact) mass is 424 g/mol. The van der Waals surface area contributed by atoms with E-state index in [4.69, 9.17) is 0 Å². The van der Waals surface area contributed by atoms with Crippen LogP contribution >= 0.6 is 15.9 Å². The molecule has 5 nitrogen and oxygen atoms in total. The Hall–Kier alpha value is -1.70. The first-order valence-corrected chi connectivity index (χ1v) is 9.92. The number of anilines is 1. The lowest BCUT2D eigenvalue weighted by Gasteiger charge is -2.22. The topological polar surface area (TPSA) is 57.7 Å². The quantitative estimate of drug-likeness (QED) is 0.739. The van der Waals surface area contributed by atoms with Crippen LogP contribution in [0.5, 0.6) is 0 Å². The number of rotatable bonds is 5. The van der Waals surface area contributed by atoms with Gasteiger partial charge in [0.15, 0.2) is 0 Å². The Balaban J connectivity index is 2.15. The highest BCUT2D eigenvalue weighted by molar-refractivity contribution is 9.10. The summed E-state index contributed by atoms with van der Waals surface area (Å²) in [5, 5.41) is 0. The molecule has 2 aromatic rings. The Morgan fingerprint density at radius 2 is 1.60 bits per heavy atom. The van der Waals surface area contributed by atoms with Crippen LogP contribution in [-0.4, -0.2) is 39.3 Å². The summed E-state index contributed by atoms with van der Waals surface area (Å²) in [5.41, 5.74) is 2.95. The molecule has 7 heteroatoms. The van der Waals surface area contributed by atoms with E-state index in [0.717, 1.165) is 25.6 Å². The summed E-state index contributed by atoms with van der Waals surface area (Å²) in [4.78, 5) is 14.1. The second-order valence-electron chi connectivity index (χ2n) is 5.94. The van der Waals surface area contributed by atoms with Gasteiger partial charge in [0.25, 0.3) is 0 Å². The zero-order valence-corrected chi connectivity index (χ0v) is 17.1. The van der Waals surface area contributed by atoms with Crippen molar-refractivity contribution in [1.82, 2.24) is 4.31 Å². The molecule has 0 aromatic heterocycles. The van der Waals surface area contributed by atoms with Crippen LogP contribution < -0.4 is 4.90 Å². The van der Waals surface area contributed by atoms with Gasteiger partial charge in [0.2, 0.25) is 15.9 Å². The smallest absolute Gasteiger partial charge is 0.243 e. The number of halogens is 1.